The molecule has 0 spiro atoms. The first-order chi connectivity index (χ1) is 13.8. The van der Waals surface area contributed by atoms with Crippen LogP contribution in [-0.2, 0) is 0 Å². The molecule has 2 aromatic heterocycles. The van der Waals surface area contributed by atoms with Crippen molar-refractivity contribution in [2.24, 2.45) is 5.10 Å². The maximum atomic E-state index is 12.3. The summed E-state index contributed by atoms with van der Waals surface area (Å²) < 4.78 is 6.01. The minimum absolute atomic E-state index is 0.326. The number of carbonyl (C=O) groups excluding carboxylic acids is 1. The van der Waals surface area contributed by atoms with Gasteiger partial charge < -0.3 is 4.74 Å². The summed E-state index contributed by atoms with van der Waals surface area (Å²) in [6.07, 6.45) is 8.38. The van der Waals surface area contributed by atoms with E-state index in [4.69, 9.17) is 4.74 Å². The lowest BCUT2D eigenvalue weighted by Crippen LogP contribution is -2.18. The number of aromatic nitrogens is 1. The number of nitrogens with zero attached hydrogens (tertiary/aromatic N) is 2. The van der Waals surface area contributed by atoms with Gasteiger partial charge in [0.25, 0.3) is 5.91 Å². The molecular formula is C22H21N3O2S. The van der Waals surface area contributed by atoms with Crippen molar-refractivity contribution >= 4 is 23.5 Å². The molecule has 0 aliphatic heterocycles. The number of ether oxygens (including phenoxy) is 1. The number of hydrazone groups is 1. The fourth-order valence-electron chi connectivity index (χ4n) is 3.24. The third kappa shape index (κ3) is 4.64. The lowest BCUT2D eigenvalue weighted by molar-refractivity contribution is 0.0950. The van der Waals surface area contributed by atoms with Gasteiger partial charge in [-0.05, 0) is 72.5 Å². The lowest BCUT2D eigenvalue weighted by atomic mass is 10.1. The Hall–Kier alpha value is -2.99. The summed E-state index contributed by atoms with van der Waals surface area (Å²) in [5.74, 6) is 0.557. The SMILES string of the molecule is O=C(NN=Cc1cccs1)c1cc(-c2ccc(OC3CCCC3)cc2)ccn1. The summed E-state index contributed by atoms with van der Waals surface area (Å²) in [6, 6.07) is 15.5. The molecule has 1 aliphatic rings. The summed E-state index contributed by atoms with van der Waals surface area (Å²) in [5.41, 5.74) is 4.78. The molecule has 5 nitrogen and oxygen atoms in total. The number of amides is 1. The second kappa shape index (κ2) is 8.80. The van der Waals surface area contributed by atoms with Crippen molar-refractivity contribution < 1.29 is 9.53 Å². The van der Waals surface area contributed by atoms with Crippen LogP contribution in [0.2, 0.25) is 0 Å². The summed E-state index contributed by atoms with van der Waals surface area (Å²) in [7, 11) is 0. The maximum Gasteiger partial charge on any atom is 0.289 e. The van der Waals surface area contributed by atoms with E-state index >= 15 is 0 Å². The van der Waals surface area contributed by atoms with Crippen LogP contribution in [0.4, 0.5) is 0 Å². The first-order valence-corrected chi connectivity index (χ1v) is 10.3. The van der Waals surface area contributed by atoms with Gasteiger partial charge in [0.05, 0.1) is 12.3 Å². The summed E-state index contributed by atoms with van der Waals surface area (Å²) in [6.45, 7) is 0. The number of thiophene rings is 1. The highest BCUT2D eigenvalue weighted by molar-refractivity contribution is 7.11. The Kier molecular flexibility index (Phi) is 5.77. The zero-order valence-electron chi connectivity index (χ0n) is 15.4. The summed E-state index contributed by atoms with van der Waals surface area (Å²) >= 11 is 1.55. The van der Waals surface area contributed by atoms with Crippen molar-refractivity contribution in [1.82, 2.24) is 10.4 Å². The van der Waals surface area contributed by atoms with Gasteiger partial charge in [-0.15, -0.1) is 11.3 Å². The van der Waals surface area contributed by atoms with Gasteiger partial charge in [-0.2, -0.15) is 5.10 Å². The number of pyridine rings is 1. The smallest absolute Gasteiger partial charge is 0.289 e. The molecule has 1 N–H and O–H groups in total. The molecule has 28 heavy (non-hydrogen) atoms. The molecule has 0 bridgehead atoms. The second-order valence-electron chi connectivity index (χ2n) is 6.69. The molecule has 0 saturated heterocycles. The quantitative estimate of drug-likeness (QED) is 0.480. The Bertz CT molecular complexity index is 946. The molecule has 1 aliphatic carbocycles. The number of carbonyl (C=O) groups is 1. The summed E-state index contributed by atoms with van der Waals surface area (Å²) in [4.78, 5) is 17.4. The minimum Gasteiger partial charge on any atom is -0.490 e. The van der Waals surface area contributed by atoms with Gasteiger partial charge in [-0.25, -0.2) is 5.43 Å². The third-order valence-electron chi connectivity index (χ3n) is 4.69. The fraction of sp³-hybridized carbons (Fsp3) is 0.227. The Morgan fingerprint density at radius 2 is 1.96 bits per heavy atom. The van der Waals surface area contributed by atoms with Crippen molar-refractivity contribution in [1.29, 1.82) is 0 Å². The van der Waals surface area contributed by atoms with E-state index in [0.29, 0.717) is 11.8 Å². The molecule has 0 radical (unpaired) electrons. The number of benzene rings is 1. The van der Waals surface area contributed by atoms with Crippen LogP contribution in [0.15, 0.2) is 65.2 Å². The molecule has 0 atom stereocenters. The number of nitrogens with one attached hydrogen (secondary N) is 1. The zero-order valence-corrected chi connectivity index (χ0v) is 16.2. The van der Waals surface area contributed by atoms with Gasteiger partial charge in [-0.3, -0.25) is 9.78 Å². The van der Waals surface area contributed by atoms with Crippen molar-refractivity contribution in [3.8, 4) is 16.9 Å². The Morgan fingerprint density at radius 1 is 1.14 bits per heavy atom. The van der Waals surface area contributed by atoms with Crippen LogP contribution in [0.1, 0.15) is 41.0 Å². The number of hydrogen-bond acceptors (Lipinski definition) is 5. The first kappa shape index (κ1) is 18.4. The van der Waals surface area contributed by atoms with E-state index < -0.39 is 0 Å². The van der Waals surface area contributed by atoms with Crippen LogP contribution < -0.4 is 10.2 Å². The standard InChI is InChI=1S/C22H21N3O2S/c26-22(25-24-15-20-6-3-13-28-20)21-14-17(11-12-23-21)16-7-9-19(10-8-16)27-18-4-1-2-5-18/h3,6-15,18H,1-2,4-5H2,(H,25,26). The van der Waals surface area contributed by atoms with Crippen LogP contribution in [-0.4, -0.2) is 23.2 Å². The Morgan fingerprint density at radius 3 is 2.71 bits per heavy atom. The first-order valence-electron chi connectivity index (χ1n) is 9.38. The van der Waals surface area contributed by atoms with Gasteiger partial charge in [0.15, 0.2) is 0 Å². The predicted octanol–water partition coefficient (Wildman–Crippen LogP) is 4.90. The van der Waals surface area contributed by atoms with E-state index in [1.807, 2.05) is 47.8 Å². The topological polar surface area (TPSA) is 63.6 Å². The Labute approximate surface area is 168 Å². The molecule has 1 aromatic carbocycles. The monoisotopic (exact) mass is 391 g/mol. The van der Waals surface area contributed by atoms with Gasteiger partial charge in [-0.1, -0.05) is 18.2 Å². The minimum atomic E-state index is -0.337. The molecule has 1 fully saturated rings. The highest BCUT2D eigenvalue weighted by Gasteiger charge is 2.16. The van der Waals surface area contributed by atoms with Crippen LogP contribution in [0.25, 0.3) is 11.1 Å². The fourth-order valence-corrected chi connectivity index (χ4v) is 3.82. The second-order valence-corrected chi connectivity index (χ2v) is 7.67. The molecular weight excluding hydrogens is 370 g/mol. The summed E-state index contributed by atoms with van der Waals surface area (Å²) in [5, 5.41) is 5.94. The van der Waals surface area contributed by atoms with E-state index in [-0.39, 0.29) is 5.91 Å². The predicted molar refractivity (Wildman–Crippen MR) is 112 cm³/mol. The van der Waals surface area contributed by atoms with Gasteiger partial charge >= 0.3 is 0 Å². The zero-order chi connectivity index (χ0) is 19.2. The number of rotatable bonds is 6. The normalized spacial score (nSPS) is 14.4. The molecule has 0 unspecified atom stereocenters. The number of hydrogen-bond donors (Lipinski definition) is 1. The largest absolute Gasteiger partial charge is 0.490 e. The molecule has 6 heteroatoms. The maximum absolute atomic E-state index is 12.3. The van der Waals surface area contributed by atoms with Crippen molar-refractivity contribution in [2.75, 3.05) is 0 Å². The van der Waals surface area contributed by atoms with Crippen molar-refractivity contribution in [2.45, 2.75) is 31.8 Å². The van der Waals surface area contributed by atoms with E-state index in [1.165, 1.54) is 12.8 Å². The molecule has 3 aromatic rings. The van der Waals surface area contributed by atoms with Gasteiger partial charge in [0, 0.05) is 11.1 Å². The average Bonchev–Trinajstić information content (AvgIpc) is 3.43. The van der Waals surface area contributed by atoms with Gasteiger partial charge in [0.1, 0.15) is 11.4 Å². The van der Waals surface area contributed by atoms with E-state index in [2.05, 4.69) is 15.5 Å². The lowest BCUT2D eigenvalue weighted by Gasteiger charge is -2.13. The third-order valence-corrected chi connectivity index (χ3v) is 5.49. The van der Waals surface area contributed by atoms with Crippen LogP contribution >= 0.6 is 11.3 Å². The van der Waals surface area contributed by atoms with Crippen LogP contribution in [0, 0.1) is 0 Å². The van der Waals surface area contributed by atoms with Crippen LogP contribution in [0.3, 0.4) is 0 Å². The molecule has 1 saturated carbocycles. The van der Waals surface area contributed by atoms with Crippen molar-refractivity contribution in [3.63, 3.8) is 0 Å². The highest BCUT2D eigenvalue weighted by atomic mass is 32.1. The molecule has 1 amide bonds. The van der Waals surface area contributed by atoms with E-state index in [0.717, 1.165) is 34.6 Å². The van der Waals surface area contributed by atoms with Crippen LogP contribution in [0.5, 0.6) is 5.75 Å². The molecule has 4 rings (SSSR count). The highest BCUT2D eigenvalue weighted by Crippen LogP contribution is 2.27. The van der Waals surface area contributed by atoms with E-state index in [9.17, 15) is 4.79 Å². The Balaban J connectivity index is 1.41. The average molecular weight is 391 g/mol. The van der Waals surface area contributed by atoms with Gasteiger partial charge in [0.2, 0.25) is 0 Å². The van der Waals surface area contributed by atoms with Crippen molar-refractivity contribution in [3.05, 3.63) is 70.7 Å². The molecule has 142 valence electrons. The molecule has 2 heterocycles. The van der Waals surface area contributed by atoms with E-state index in [1.54, 1.807) is 29.8 Å².